The number of aromatic nitrogens is 5. The molecule has 0 spiro atoms. The van der Waals surface area contributed by atoms with Crippen molar-refractivity contribution < 1.29 is 4.79 Å². The van der Waals surface area contributed by atoms with Gasteiger partial charge in [0.2, 0.25) is 5.91 Å². The van der Waals surface area contributed by atoms with Gasteiger partial charge in [0.1, 0.15) is 5.82 Å². The van der Waals surface area contributed by atoms with Crippen molar-refractivity contribution >= 4 is 11.7 Å². The molecule has 1 N–H and O–H groups in total. The highest BCUT2D eigenvalue weighted by Crippen LogP contribution is 2.22. The molecular formula is C24H26N6O. The Morgan fingerprint density at radius 1 is 1.03 bits per heavy atom. The van der Waals surface area contributed by atoms with Crippen LogP contribution in [-0.4, -0.2) is 30.5 Å². The van der Waals surface area contributed by atoms with Gasteiger partial charge >= 0.3 is 0 Å². The van der Waals surface area contributed by atoms with Gasteiger partial charge in [0.25, 0.3) is 5.78 Å². The number of hydrogen-bond acceptors (Lipinski definition) is 5. The molecule has 0 aliphatic heterocycles. The fourth-order valence-corrected chi connectivity index (χ4v) is 3.81. The van der Waals surface area contributed by atoms with Crippen LogP contribution in [0.15, 0.2) is 48.8 Å². The lowest BCUT2D eigenvalue weighted by Gasteiger charge is -2.20. The Morgan fingerprint density at radius 3 is 2.52 bits per heavy atom. The maximum Gasteiger partial charge on any atom is 0.252 e. The number of benzene rings is 1. The van der Waals surface area contributed by atoms with E-state index in [1.807, 2.05) is 52.0 Å². The van der Waals surface area contributed by atoms with Crippen LogP contribution >= 0.6 is 0 Å². The monoisotopic (exact) mass is 414 g/mol. The molecule has 0 aliphatic rings. The van der Waals surface area contributed by atoms with Gasteiger partial charge in [-0.3, -0.25) is 9.78 Å². The first kappa shape index (κ1) is 20.7. The van der Waals surface area contributed by atoms with Gasteiger partial charge in [0.15, 0.2) is 0 Å². The summed E-state index contributed by atoms with van der Waals surface area (Å²) in [6.45, 7) is 7.84. The third-order valence-electron chi connectivity index (χ3n) is 5.49. The Kier molecular flexibility index (Phi) is 5.75. The lowest BCUT2D eigenvalue weighted by atomic mass is 9.98. The normalized spacial score (nSPS) is 12.1. The van der Waals surface area contributed by atoms with Crippen LogP contribution in [0.2, 0.25) is 0 Å². The van der Waals surface area contributed by atoms with Gasteiger partial charge in [-0.1, -0.05) is 35.9 Å². The van der Waals surface area contributed by atoms with Crippen molar-refractivity contribution in [2.24, 2.45) is 0 Å². The summed E-state index contributed by atoms with van der Waals surface area (Å²) in [6, 6.07) is 11.8. The number of nitrogens with one attached hydrogen (secondary N) is 1. The van der Waals surface area contributed by atoms with Gasteiger partial charge in [-0.2, -0.15) is 10.1 Å². The fraction of sp³-hybridized carbons (Fsp3) is 0.292. The molecule has 4 rings (SSSR count). The highest BCUT2D eigenvalue weighted by molar-refractivity contribution is 5.77. The van der Waals surface area contributed by atoms with Crippen LogP contribution in [-0.2, 0) is 11.2 Å². The Hall–Kier alpha value is -3.61. The van der Waals surface area contributed by atoms with E-state index >= 15 is 0 Å². The number of fused-ring (bicyclic) bond motifs is 1. The SMILES string of the molecule is Cc1ccc([C@@H](NC(=O)CCc2c(C)nc3nc(C)nn3c2C)c2cccnc2)cc1. The van der Waals surface area contributed by atoms with Crippen molar-refractivity contribution in [3.8, 4) is 0 Å². The van der Waals surface area contributed by atoms with E-state index in [4.69, 9.17) is 0 Å². The van der Waals surface area contributed by atoms with Crippen molar-refractivity contribution in [2.45, 2.75) is 46.6 Å². The average molecular weight is 415 g/mol. The molecule has 0 unspecified atom stereocenters. The number of aryl methyl sites for hydroxylation is 4. The number of hydrogen-bond donors (Lipinski definition) is 1. The Morgan fingerprint density at radius 2 is 1.81 bits per heavy atom. The molecule has 0 aliphatic carbocycles. The van der Waals surface area contributed by atoms with Crippen LogP contribution in [0.5, 0.6) is 0 Å². The second kappa shape index (κ2) is 8.63. The van der Waals surface area contributed by atoms with Crippen LogP contribution in [0.25, 0.3) is 5.78 Å². The van der Waals surface area contributed by atoms with Gasteiger partial charge in [-0.15, -0.1) is 0 Å². The van der Waals surface area contributed by atoms with E-state index in [1.165, 1.54) is 5.56 Å². The van der Waals surface area contributed by atoms with Crippen LogP contribution < -0.4 is 5.32 Å². The van der Waals surface area contributed by atoms with Crippen molar-refractivity contribution in [1.29, 1.82) is 0 Å². The second-order valence-corrected chi connectivity index (χ2v) is 7.83. The first-order valence-corrected chi connectivity index (χ1v) is 10.4. The lowest BCUT2D eigenvalue weighted by Crippen LogP contribution is -2.29. The van der Waals surface area contributed by atoms with Crippen LogP contribution in [0.4, 0.5) is 0 Å². The molecule has 4 aromatic rings. The predicted octanol–water partition coefficient (Wildman–Crippen LogP) is 3.59. The smallest absolute Gasteiger partial charge is 0.252 e. The zero-order valence-corrected chi connectivity index (χ0v) is 18.3. The van der Waals surface area contributed by atoms with E-state index in [0.29, 0.717) is 24.4 Å². The Bertz CT molecular complexity index is 1210. The minimum atomic E-state index is -0.248. The van der Waals surface area contributed by atoms with Gasteiger partial charge < -0.3 is 5.32 Å². The number of rotatable bonds is 6. The molecule has 1 aromatic carbocycles. The predicted molar refractivity (Wildman–Crippen MR) is 119 cm³/mol. The molecule has 0 bridgehead atoms. The number of nitrogens with zero attached hydrogens (tertiary/aromatic N) is 5. The van der Waals surface area contributed by atoms with Crippen LogP contribution in [0.1, 0.15) is 51.9 Å². The summed E-state index contributed by atoms with van der Waals surface area (Å²) >= 11 is 0. The van der Waals surface area contributed by atoms with Gasteiger partial charge in [-0.05, 0) is 56.9 Å². The van der Waals surface area contributed by atoms with Crippen LogP contribution in [0.3, 0.4) is 0 Å². The molecule has 0 radical (unpaired) electrons. The van der Waals surface area contributed by atoms with Crippen molar-refractivity contribution in [3.05, 3.63) is 88.3 Å². The third kappa shape index (κ3) is 4.45. The van der Waals surface area contributed by atoms with Crippen molar-refractivity contribution in [2.75, 3.05) is 0 Å². The number of carbonyl (C=O) groups is 1. The van der Waals surface area contributed by atoms with E-state index in [1.54, 1.807) is 16.9 Å². The maximum absolute atomic E-state index is 12.9. The summed E-state index contributed by atoms with van der Waals surface area (Å²) in [6.07, 6.45) is 4.46. The third-order valence-corrected chi connectivity index (χ3v) is 5.49. The summed E-state index contributed by atoms with van der Waals surface area (Å²) in [5.41, 5.74) is 6.04. The van der Waals surface area contributed by atoms with E-state index in [2.05, 4.69) is 37.5 Å². The Balaban J connectivity index is 1.53. The molecule has 0 fully saturated rings. The van der Waals surface area contributed by atoms with E-state index in [0.717, 1.165) is 28.1 Å². The summed E-state index contributed by atoms with van der Waals surface area (Å²) in [4.78, 5) is 26.1. The molecule has 3 heterocycles. The first-order chi connectivity index (χ1) is 14.9. The highest BCUT2D eigenvalue weighted by atomic mass is 16.1. The molecule has 7 nitrogen and oxygen atoms in total. The Labute approximate surface area is 181 Å². The largest absolute Gasteiger partial charge is 0.345 e. The minimum absolute atomic E-state index is 0.0249. The number of amides is 1. The minimum Gasteiger partial charge on any atom is -0.345 e. The second-order valence-electron chi connectivity index (χ2n) is 7.83. The molecule has 3 aromatic heterocycles. The summed E-state index contributed by atoms with van der Waals surface area (Å²) in [5, 5.41) is 7.60. The molecule has 1 amide bonds. The highest BCUT2D eigenvalue weighted by Gasteiger charge is 2.18. The fourth-order valence-electron chi connectivity index (χ4n) is 3.81. The summed E-state index contributed by atoms with van der Waals surface area (Å²) in [7, 11) is 0. The van der Waals surface area contributed by atoms with Crippen molar-refractivity contribution in [3.63, 3.8) is 0 Å². The molecule has 0 saturated carbocycles. The summed E-state index contributed by atoms with van der Waals surface area (Å²) < 4.78 is 1.75. The number of carbonyl (C=O) groups excluding carboxylic acids is 1. The standard InChI is InChI=1S/C24H26N6O/c1-15-7-9-19(10-8-15)23(20-6-5-13-25-14-20)28-22(31)12-11-21-16(2)26-24-27-18(4)29-30(24)17(21)3/h5-10,13-14,23H,11-12H2,1-4H3,(H,28,31)/t23-/m1/s1. The molecule has 158 valence electrons. The van der Waals surface area contributed by atoms with E-state index in [9.17, 15) is 4.79 Å². The molecule has 31 heavy (non-hydrogen) atoms. The van der Waals surface area contributed by atoms with Gasteiger partial charge in [0.05, 0.1) is 6.04 Å². The zero-order valence-electron chi connectivity index (χ0n) is 18.3. The van der Waals surface area contributed by atoms with Crippen LogP contribution in [0, 0.1) is 27.7 Å². The molecular weight excluding hydrogens is 388 g/mol. The van der Waals surface area contributed by atoms with Crippen molar-refractivity contribution in [1.82, 2.24) is 29.9 Å². The van der Waals surface area contributed by atoms with Gasteiger partial charge in [-0.25, -0.2) is 9.50 Å². The van der Waals surface area contributed by atoms with E-state index in [-0.39, 0.29) is 11.9 Å². The quantitative estimate of drug-likeness (QED) is 0.521. The molecule has 1 atom stereocenters. The van der Waals surface area contributed by atoms with E-state index < -0.39 is 0 Å². The zero-order chi connectivity index (χ0) is 22.0. The van der Waals surface area contributed by atoms with Gasteiger partial charge in [0, 0.05) is 30.2 Å². The first-order valence-electron chi connectivity index (χ1n) is 10.4. The average Bonchev–Trinajstić information content (AvgIpc) is 3.13. The number of pyridine rings is 1. The molecule has 7 heteroatoms. The molecule has 0 saturated heterocycles. The summed E-state index contributed by atoms with van der Waals surface area (Å²) in [5.74, 6) is 1.25. The maximum atomic E-state index is 12.9. The lowest BCUT2D eigenvalue weighted by molar-refractivity contribution is -0.121. The topological polar surface area (TPSA) is 85.1 Å².